The minimum atomic E-state index is -1.26. The number of rotatable bonds is 4. The molecule has 0 spiro atoms. The van der Waals surface area contributed by atoms with Crippen LogP contribution in [0.1, 0.15) is 15.9 Å². The number of non-ortho nitro benzene ring substituents is 1. The Labute approximate surface area is 125 Å². The van der Waals surface area contributed by atoms with Gasteiger partial charge in [0.15, 0.2) is 0 Å². The van der Waals surface area contributed by atoms with Gasteiger partial charge in [-0.1, -0.05) is 23.7 Å². The molecule has 2 aromatic carbocycles. The van der Waals surface area contributed by atoms with E-state index in [0.29, 0.717) is 10.7 Å². The molecule has 0 radical (unpaired) electrons. The molecule has 0 aliphatic heterocycles. The van der Waals surface area contributed by atoms with Crippen molar-refractivity contribution in [3.05, 3.63) is 62.7 Å². The standard InChI is InChI=1S/C14H11ClN2O4/c1-8-3-2-4-11(15)13(8)16-12-6-5-9(17(20)21)7-10(12)14(18)19/h2-7,16H,1H3,(H,18,19). The molecule has 2 aromatic rings. The summed E-state index contributed by atoms with van der Waals surface area (Å²) in [5.41, 5.74) is 1.16. The first-order valence-electron chi connectivity index (χ1n) is 5.94. The Morgan fingerprint density at radius 1 is 1.33 bits per heavy atom. The highest BCUT2D eigenvalue weighted by atomic mass is 35.5. The zero-order chi connectivity index (χ0) is 15.6. The first kappa shape index (κ1) is 14.8. The molecule has 108 valence electrons. The Hall–Kier alpha value is -2.60. The number of nitro benzene ring substituents is 1. The molecule has 0 heterocycles. The normalized spacial score (nSPS) is 10.2. The number of para-hydroxylation sites is 1. The molecule has 21 heavy (non-hydrogen) atoms. The summed E-state index contributed by atoms with van der Waals surface area (Å²) in [7, 11) is 0. The summed E-state index contributed by atoms with van der Waals surface area (Å²) in [6.07, 6.45) is 0. The van der Waals surface area contributed by atoms with E-state index in [9.17, 15) is 20.0 Å². The predicted octanol–water partition coefficient (Wildman–Crippen LogP) is 4.00. The van der Waals surface area contributed by atoms with Gasteiger partial charge in [0, 0.05) is 12.1 Å². The number of carboxylic acid groups (broad SMARTS) is 1. The highest BCUT2D eigenvalue weighted by Gasteiger charge is 2.17. The van der Waals surface area contributed by atoms with E-state index in [-0.39, 0.29) is 16.9 Å². The van der Waals surface area contributed by atoms with Crippen LogP contribution >= 0.6 is 11.6 Å². The largest absolute Gasteiger partial charge is 0.478 e. The fraction of sp³-hybridized carbons (Fsp3) is 0.0714. The topological polar surface area (TPSA) is 92.5 Å². The van der Waals surface area contributed by atoms with Gasteiger partial charge in [-0.05, 0) is 24.6 Å². The number of aromatic carboxylic acids is 1. The lowest BCUT2D eigenvalue weighted by molar-refractivity contribution is -0.384. The Bertz CT molecular complexity index is 711. The monoisotopic (exact) mass is 306 g/mol. The first-order chi connectivity index (χ1) is 9.90. The molecule has 2 N–H and O–H groups in total. The second-order valence-corrected chi connectivity index (χ2v) is 4.76. The third-order valence-corrected chi connectivity index (χ3v) is 3.24. The van der Waals surface area contributed by atoms with Crippen LogP contribution in [-0.2, 0) is 0 Å². The van der Waals surface area contributed by atoms with Crippen LogP contribution in [0.4, 0.5) is 17.1 Å². The van der Waals surface area contributed by atoms with Crippen molar-refractivity contribution in [3.63, 3.8) is 0 Å². The SMILES string of the molecule is Cc1cccc(Cl)c1Nc1ccc([N+](=O)[O-])cc1C(=O)O. The lowest BCUT2D eigenvalue weighted by Crippen LogP contribution is -2.05. The van der Waals surface area contributed by atoms with Gasteiger partial charge in [-0.3, -0.25) is 10.1 Å². The summed E-state index contributed by atoms with van der Waals surface area (Å²) in [5, 5.41) is 23.3. The van der Waals surface area contributed by atoms with Crippen molar-refractivity contribution in [1.82, 2.24) is 0 Å². The molecule has 2 rings (SSSR count). The van der Waals surface area contributed by atoms with Crippen molar-refractivity contribution in [1.29, 1.82) is 0 Å². The molecule has 0 fully saturated rings. The predicted molar refractivity (Wildman–Crippen MR) is 79.5 cm³/mol. The minimum Gasteiger partial charge on any atom is -0.478 e. The third kappa shape index (κ3) is 3.11. The van der Waals surface area contributed by atoms with E-state index in [2.05, 4.69) is 5.32 Å². The Balaban J connectivity index is 2.49. The van der Waals surface area contributed by atoms with E-state index in [1.54, 1.807) is 12.1 Å². The molecule has 0 unspecified atom stereocenters. The van der Waals surface area contributed by atoms with E-state index in [1.807, 2.05) is 13.0 Å². The van der Waals surface area contributed by atoms with Gasteiger partial charge >= 0.3 is 5.97 Å². The van der Waals surface area contributed by atoms with Gasteiger partial charge < -0.3 is 10.4 Å². The van der Waals surface area contributed by atoms with Crippen molar-refractivity contribution in [3.8, 4) is 0 Å². The number of nitro groups is 1. The van der Waals surface area contributed by atoms with Gasteiger partial charge in [0.05, 0.1) is 26.9 Å². The number of halogens is 1. The molecule has 0 amide bonds. The summed E-state index contributed by atoms with van der Waals surface area (Å²) < 4.78 is 0. The maximum absolute atomic E-state index is 11.3. The van der Waals surface area contributed by atoms with Crippen LogP contribution in [0.2, 0.25) is 5.02 Å². The summed E-state index contributed by atoms with van der Waals surface area (Å²) in [6.45, 7) is 1.82. The number of aryl methyl sites for hydroxylation is 1. The van der Waals surface area contributed by atoms with E-state index in [4.69, 9.17) is 11.6 Å². The molecule has 0 aliphatic carbocycles. The summed E-state index contributed by atoms with van der Waals surface area (Å²) in [6, 6.07) is 8.86. The van der Waals surface area contributed by atoms with Crippen molar-refractivity contribution in [2.24, 2.45) is 0 Å². The summed E-state index contributed by atoms with van der Waals surface area (Å²) in [5.74, 6) is -1.26. The molecule has 0 atom stereocenters. The minimum absolute atomic E-state index is 0.191. The summed E-state index contributed by atoms with van der Waals surface area (Å²) in [4.78, 5) is 21.3. The second-order valence-electron chi connectivity index (χ2n) is 4.35. The molecular formula is C14H11ClN2O4. The lowest BCUT2D eigenvalue weighted by atomic mass is 10.1. The Morgan fingerprint density at radius 2 is 2.05 bits per heavy atom. The Morgan fingerprint density at radius 3 is 2.62 bits per heavy atom. The number of hydrogen-bond acceptors (Lipinski definition) is 4. The highest BCUT2D eigenvalue weighted by molar-refractivity contribution is 6.33. The first-order valence-corrected chi connectivity index (χ1v) is 6.32. The van der Waals surface area contributed by atoms with Crippen molar-refractivity contribution in [2.45, 2.75) is 6.92 Å². The number of hydrogen-bond donors (Lipinski definition) is 2. The zero-order valence-electron chi connectivity index (χ0n) is 11.0. The molecular weight excluding hydrogens is 296 g/mol. The van der Waals surface area contributed by atoms with E-state index in [1.165, 1.54) is 12.1 Å². The number of nitrogens with one attached hydrogen (secondary N) is 1. The van der Waals surface area contributed by atoms with Crippen LogP contribution < -0.4 is 5.32 Å². The number of carbonyl (C=O) groups is 1. The maximum atomic E-state index is 11.3. The molecule has 0 aromatic heterocycles. The average Bonchev–Trinajstić information content (AvgIpc) is 2.42. The second kappa shape index (κ2) is 5.80. The van der Waals surface area contributed by atoms with Crippen molar-refractivity contribution in [2.75, 3.05) is 5.32 Å². The van der Waals surface area contributed by atoms with Gasteiger partial charge in [0.1, 0.15) is 0 Å². The fourth-order valence-corrected chi connectivity index (χ4v) is 2.13. The van der Waals surface area contributed by atoms with Crippen molar-refractivity contribution >= 4 is 34.6 Å². The Kier molecular flexibility index (Phi) is 4.09. The van der Waals surface area contributed by atoms with Crippen LogP contribution in [0.3, 0.4) is 0 Å². The molecule has 0 aliphatic rings. The smallest absolute Gasteiger partial charge is 0.338 e. The molecule has 0 saturated heterocycles. The van der Waals surface area contributed by atoms with Crippen LogP contribution in [0.5, 0.6) is 0 Å². The van der Waals surface area contributed by atoms with Gasteiger partial charge in [-0.15, -0.1) is 0 Å². The third-order valence-electron chi connectivity index (χ3n) is 2.93. The maximum Gasteiger partial charge on any atom is 0.338 e. The van der Waals surface area contributed by atoms with E-state index >= 15 is 0 Å². The van der Waals surface area contributed by atoms with Gasteiger partial charge in [0.2, 0.25) is 0 Å². The molecule has 0 bridgehead atoms. The zero-order valence-corrected chi connectivity index (χ0v) is 11.7. The van der Waals surface area contributed by atoms with Gasteiger partial charge in [-0.25, -0.2) is 4.79 Å². The van der Waals surface area contributed by atoms with Gasteiger partial charge in [0.25, 0.3) is 5.69 Å². The van der Waals surface area contributed by atoms with Crippen molar-refractivity contribution < 1.29 is 14.8 Å². The fourth-order valence-electron chi connectivity index (χ4n) is 1.86. The molecule has 0 saturated carbocycles. The quantitative estimate of drug-likeness (QED) is 0.658. The number of anilines is 2. The highest BCUT2D eigenvalue weighted by Crippen LogP contribution is 2.31. The van der Waals surface area contributed by atoms with Crippen LogP contribution in [0, 0.1) is 17.0 Å². The van der Waals surface area contributed by atoms with Crippen LogP contribution in [0.25, 0.3) is 0 Å². The lowest BCUT2D eigenvalue weighted by Gasteiger charge is -2.13. The van der Waals surface area contributed by atoms with E-state index < -0.39 is 10.9 Å². The molecule has 7 heteroatoms. The van der Waals surface area contributed by atoms with Crippen LogP contribution in [0.15, 0.2) is 36.4 Å². The van der Waals surface area contributed by atoms with E-state index in [0.717, 1.165) is 11.6 Å². The number of carboxylic acids is 1. The number of nitrogens with zero attached hydrogens (tertiary/aromatic N) is 1. The number of benzene rings is 2. The average molecular weight is 307 g/mol. The van der Waals surface area contributed by atoms with Crippen LogP contribution in [-0.4, -0.2) is 16.0 Å². The molecule has 6 nitrogen and oxygen atoms in total. The summed E-state index contributed by atoms with van der Waals surface area (Å²) >= 11 is 6.07. The van der Waals surface area contributed by atoms with Gasteiger partial charge in [-0.2, -0.15) is 0 Å².